The first-order chi connectivity index (χ1) is 16.0. The van der Waals surface area contributed by atoms with Crippen molar-refractivity contribution in [1.29, 1.82) is 0 Å². The normalized spacial score (nSPS) is 15.4. The first-order valence-electron chi connectivity index (χ1n) is 11.0. The predicted molar refractivity (Wildman–Crippen MR) is 120 cm³/mol. The van der Waals surface area contributed by atoms with Crippen LogP contribution in [0.2, 0.25) is 0 Å². The molecule has 184 valence electrons. The fourth-order valence-electron chi connectivity index (χ4n) is 3.69. The molecule has 0 spiro atoms. The number of methoxy groups -OCH3 is 1. The largest absolute Gasteiger partial charge is 0.493 e. The summed E-state index contributed by atoms with van der Waals surface area (Å²) in [7, 11) is 1.46. The van der Waals surface area contributed by atoms with E-state index in [0.717, 1.165) is 17.7 Å². The summed E-state index contributed by atoms with van der Waals surface area (Å²) in [6.45, 7) is 6.96. The van der Waals surface area contributed by atoms with Crippen molar-refractivity contribution < 1.29 is 37.3 Å². The summed E-state index contributed by atoms with van der Waals surface area (Å²) in [5, 5.41) is 0. The monoisotopic (exact) mass is 477 g/mol. The minimum absolute atomic E-state index is 0.0823. The van der Waals surface area contributed by atoms with E-state index in [-0.39, 0.29) is 31.7 Å². The molecule has 0 N–H and O–H groups in total. The Morgan fingerprint density at radius 3 is 2.50 bits per heavy atom. The molecule has 1 amide bonds. The van der Waals surface area contributed by atoms with Crippen molar-refractivity contribution in [3.63, 3.8) is 0 Å². The molecule has 2 aromatic carbocycles. The summed E-state index contributed by atoms with van der Waals surface area (Å²) in [5.41, 5.74) is 0.778. The molecule has 0 bridgehead atoms. The number of ether oxygens (including phenoxy) is 4. The molecule has 0 fully saturated rings. The van der Waals surface area contributed by atoms with E-state index in [1.807, 2.05) is 0 Å². The van der Waals surface area contributed by atoms with E-state index in [2.05, 4.69) is 0 Å². The van der Waals surface area contributed by atoms with Gasteiger partial charge in [-0.05, 0) is 51.5 Å². The number of amides is 1. The number of hydrogen-bond acceptors (Lipinski definition) is 6. The third-order valence-corrected chi connectivity index (χ3v) is 5.23. The van der Waals surface area contributed by atoms with Crippen molar-refractivity contribution in [3.8, 4) is 11.5 Å². The zero-order valence-electron chi connectivity index (χ0n) is 19.9. The maximum absolute atomic E-state index is 14.1. The van der Waals surface area contributed by atoms with E-state index >= 15 is 0 Å². The Labute approximate surface area is 197 Å². The van der Waals surface area contributed by atoms with Crippen LogP contribution in [0.3, 0.4) is 0 Å². The van der Waals surface area contributed by atoms with Gasteiger partial charge in [-0.25, -0.2) is 18.4 Å². The molecule has 1 aliphatic heterocycles. The van der Waals surface area contributed by atoms with Gasteiger partial charge >= 0.3 is 12.1 Å². The second kappa shape index (κ2) is 10.3. The standard InChI is InChI=1S/C25H29F2NO6/c1-6-32-23(29)20-12-18-15(13-28(20)24(30)34-25(2,3)4)8-10-21(31-5)22(18)33-14-16-7-9-17(26)11-19(16)27/h7-11,20H,6,12-14H2,1-5H3/t20-/m0/s1. The molecule has 34 heavy (non-hydrogen) atoms. The Hall–Kier alpha value is -3.36. The molecule has 0 unspecified atom stereocenters. The number of halogens is 2. The van der Waals surface area contributed by atoms with Crippen molar-refractivity contribution in [3.05, 3.63) is 58.7 Å². The first-order valence-corrected chi connectivity index (χ1v) is 11.0. The number of hydrogen-bond donors (Lipinski definition) is 0. The Balaban J connectivity index is 1.97. The van der Waals surface area contributed by atoms with Gasteiger partial charge < -0.3 is 18.9 Å². The number of carbonyl (C=O) groups excluding carboxylic acids is 2. The lowest BCUT2D eigenvalue weighted by molar-refractivity contribution is -0.150. The van der Waals surface area contributed by atoms with Crippen LogP contribution in [0.25, 0.3) is 0 Å². The van der Waals surface area contributed by atoms with E-state index < -0.39 is 35.3 Å². The summed E-state index contributed by atoms with van der Waals surface area (Å²) in [5.74, 6) is -1.28. The summed E-state index contributed by atoms with van der Waals surface area (Å²) in [6.07, 6.45) is -0.547. The number of esters is 1. The number of benzene rings is 2. The van der Waals surface area contributed by atoms with Gasteiger partial charge in [-0.2, -0.15) is 0 Å². The van der Waals surface area contributed by atoms with Crippen LogP contribution in [0.5, 0.6) is 11.5 Å². The van der Waals surface area contributed by atoms with Gasteiger partial charge in [0.15, 0.2) is 11.5 Å². The molecule has 2 aromatic rings. The molecule has 0 aliphatic carbocycles. The smallest absolute Gasteiger partial charge is 0.411 e. The third-order valence-electron chi connectivity index (χ3n) is 5.23. The lowest BCUT2D eigenvalue weighted by Crippen LogP contribution is -2.50. The molecule has 7 nitrogen and oxygen atoms in total. The second-order valence-corrected chi connectivity index (χ2v) is 8.84. The maximum atomic E-state index is 14.1. The summed E-state index contributed by atoms with van der Waals surface area (Å²) in [6, 6.07) is 5.74. The quantitative estimate of drug-likeness (QED) is 0.558. The van der Waals surface area contributed by atoms with Crippen LogP contribution in [0.15, 0.2) is 30.3 Å². The van der Waals surface area contributed by atoms with Gasteiger partial charge in [0.05, 0.1) is 20.3 Å². The second-order valence-electron chi connectivity index (χ2n) is 8.84. The van der Waals surface area contributed by atoms with E-state index in [0.29, 0.717) is 17.1 Å². The van der Waals surface area contributed by atoms with Gasteiger partial charge in [0.25, 0.3) is 0 Å². The van der Waals surface area contributed by atoms with Crippen LogP contribution < -0.4 is 9.47 Å². The molecule has 1 atom stereocenters. The van der Waals surface area contributed by atoms with Crippen LogP contribution >= 0.6 is 0 Å². The molecule has 0 radical (unpaired) electrons. The summed E-state index contributed by atoms with van der Waals surface area (Å²) >= 11 is 0. The zero-order chi connectivity index (χ0) is 25.0. The van der Waals surface area contributed by atoms with Crippen molar-refractivity contribution >= 4 is 12.1 Å². The minimum atomic E-state index is -0.945. The van der Waals surface area contributed by atoms with Gasteiger partial charge in [-0.3, -0.25) is 4.90 Å². The molecule has 0 aromatic heterocycles. The molecule has 0 saturated heterocycles. The zero-order valence-corrected chi connectivity index (χ0v) is 19.9. The molecule has 9 heteroatoms. The number of nitrogens with zero attached hydrogens (tertiary/aromatic N) is 1. The highest BCUT2D eigenvalue weighted by molar-refractivity contribution is 5.83. The molecular formula is C25H29F2NO6. The fraction of sp³-hybridized carbons (Fsp3) is 0.440. The van der Waals surface area contributed by atoms with E-state index in [1.54, 1.807) is 39.8 Å². The van der Waals surface area contributed by atoms with Gasteiger partial charge in [-0.15, -0.1) is 0 Å². The molecule has 1 heterocycles. The summed E-state index contributed by atoms with van der Waals surface area (Å²) in [4.78, 5) is 27.0. The number of rotatable bonds is 6. The fourth-order valence-corrected chi connectivity index (χ4v) is 3.69. The lowest BCUT2D eigenvalue weighted by atomic mass is 9.92. The summed E-state index contributed by atoms with van der Waals surface area (Å²) < 4.78 is 49.5. The Morgan fingerprint density at radius 2 is 1.88 bits per heavy atom. The predicted octanol–water partition coefficient (Wildman–Crippen LogP) is 4.78. The Kier molecular flexibility index (Phi) is 7.64. The van der Waals surface area contributed by atoms with E-state index in [1.165, 1.54) is 18.1 Å². The number of fused-ring (bicyclic) bond motifs is 1. The van der Waals surface area contributed by atoms with Gasteiger partial charge in [0.1, 0.15) is 29.9 Å². The number of carbonyl (C=O) groups is 2. The highest BCUT2D eigenvalue weighted by Crippen LogP contribution is 2.39. The van der Waals surface area contributed by atoms with E-state index in [9.17, 15) is 18.4 Å². The van der Waals surface area contributed by atoms with Crippen molar-refractivity contribution in [2.75, 3.05) is 13.7 Å². The topological polar surface area (TPSA) is 74.3 Å². The Morgan fingerprint density at radius 1 is 1.15 bits per heavy atom. The Bertz CT molecular complexity index is 1070. The van der Waals surface area contributed by atoms with Gasteiger partial charge in [-0.1, -0.05) is 6.07 Å². The third kappa shape index (κ3) is 5.76. The highest BCUT2D eigenvalue weighted by atomic mass is 19.1. The van der Waals surface area contributed by atoms with Crippen LogP contribution in [0, 0.1) is 11.6 Å². The van der Waals surface area contributed by atoms with Gasteiger partial charge in [0.2, 0.25) is 0 Å². The molecule has 0 saturated carbocycles. The van der Waals surface area contributed by atoms with Crippen LogP contribution in [0.4, 0.5) is 13.6 Å². The van der Waals surface area contributed by atoms with Crippen LogP contribution in [-0.2, 0) is 33.8 Å². The lowest BCUT2D eigenvalue weighted by Gasteiger charge is -2.37. The maximum Gasteiger partial charge on any atom is 0.411 e. The van der Waals surface area contributed by atoms with E-state index in [4.69, 9.17) is 18.9 Å². The highest BCUT2D eigenvalue weighted by Gasteiger charge is 2.39. The average molecular weight is 478 g/mol. The first kappa shape index (κ1) is 25.3. The van der Waals surface area contributed by atoms with Crippen LogP contribution in [-0.4, -0.2) is 42.3 Å². The van der Waals surface area contributed by atoms with Crippen molar-refractivity contribution in [2.24, 2.45) is 0 Å². The molecule has 1 aliphatic rings. The molecular weight excluding hydrogens is 448 g/mol. The van der Waals surface area contributed by atoms with Crippen molar-refractivity contribution in [1.82, 2.24) is 4.90 Å². The molecule has 3 rings (SSSR count). The SMILES string of the molecule is CCOC(=O)[C@@H]1Cc2c(ccc(OC)c2OCc2ccc(F)cc2F)CN1C(=O)OC(C)(C)C. The van der Waals surface area contributed by atoms with Crippen molar-refractivity contribution in [2.45, 2.75) is 58.9 Å². The van der Waals surface area contributed by atoms with Crippen LogP contribution in [0.1, 0.15) is 44.4 Å². The van der Waals surface area contributed by atoms with Gasteiger partial charge in [0, 0.05) is 23.6 Å². The average Bonchev–Trinajstić information content (AvgIpc) is 2.76. The minimum Gasteiger partial charge on any atom is -0.493 e.